The smallest absolute Gasteiger partial charge is 0.275 e. The first-order chi connectivity index (χ1) is 14.1. The van der Waals surface area contributed by atoms with Gasteiger partial charge in [-0.15, -0.1) is 11.3 Å². The summed E-state index contributed by atoms with van der Waals surface area (Å²) < 4.78 is 10.5. The van der Waals surface area contributed by atoms with Crippen LogP contribution in [-0.2, 0) is 11.3 Å². The second kappa shape index (κ2) is 10.3. The Balaban J connectivity index is 1.43. The molecule has 2 aromatic rings. The number of methoxy groups -OCH3 is 2. The van der Waals surface area contributed by atoms with E-state index in [1.165, 1.54) is 4.90 Å². The van der Waals surface area contributed by atoms with Crippen molar-refractivity contribution in [2.45, 2.75) is 25.4 Å². The Hall–Kier alpha value is -2.58. The molecular weight excluding hydrogens is 390 g/mol. The van der Waals surface area contributed by atoms with Gasteiger partial charge in [0.1, 0.15) is 11.5 Å². The monoisotopic (exact) mass is 418 g/mol. The molecule has 2 amide bonds. The fourth-order valence-corrected chi connectivity index (χ4v) is 4.09. The molecule has 0 spiro atoms. The number of hydrogen-bond donors (Lipinski definition) is 3. The molecule has 0 radical (unpaired) electrons. The number of amides is 2. The highest BCUT2D eigenvalue weighted by atomic mass is 32.1. The summed E-state index contributed by atoms with van der Waals surface area (Å²) in [7, 11) is 3.12. The minimum Gasteiger partial charge on any atom is -0.497 e. The molecule has 3 N–H and O–H groups in total. The molecule has 0 atom stereocenters. The predicted octanol–water partition coefficient (Wildman–Crippen LogP) is 0.859. The van der Waals surface area contributed by atoms with E-state index in [1.807, 2.05) is 17.5 Å². The Morgan fingerprint density at radius 1 is 1.14 bits per heavy atom. The van der Waals surface area contributed by atoms with E-state index in [0.717, 1.165) is 30.8 Å². The van der Waals surface area contributed by atoms with Crippen LogP contribution in [-0.4, -0.2) is 51.7 Å². The quantitative estimate of drug-likeness (QED) is 0.594. The Morgan fingerprint density at radius 3 is 2.41 bits per heavy atom. The number of piperidine rings is 1. The molecule has 7 nitrogen and oxygen atoms in total. The zero-order valence-electron chi connectivity index (χ0n) is 16.8. The third-order valence-electron chi connectivity index (χ3n) is 5.09. The van der Waals surface area contributed by atoms with Crippen molar-refractivity contribution >= 4 is 23.2 Å². The van der Waals surface area contributed by atoms with Gasteiger partial charge in [-0.2, -0.15) is 0 Å². The average Bonchev–Trinajstić information content (AvgIpc) is 3.27. The van der Waals surface area contributed by atoms with Crippen LogP contribution in [0.25, 0.3) is 0 Å². The number of likely N-dealkylation sites (tertiary alicyclic amines) is 1. The molecule has 0 saturated carbocycles. The maximum atomic E-state index is 12.6. The molecule has 0 unspecified atom stereocenters. The molecule has 1 fully saturated rings. The van der Waals surface area contributed by atoms with Gasteiger partial charge in [0.25, 0.3) is 11.8 Å². The van der Waals surface area contributed by atoms with Gasteiger partial charge >= 0.3 is 0 Å². The minimum absolute atomic E-state index is 0.0689. The number of thiophene rings is 1. The Bertz CT molecular complexity index is 795. The predicted molar refractivity (Wildman–Crippen MR) is 112 cm³/mol. The summed E-state index contributed by atoms with van der Waals surface area (Å²) in [4.78, 5) is 27.2. The molecule has 3 rings (SSSR count). The van der Waals surface area contributed by atoms with Gasteiger partial charge in [-0.05, 0) is 23.6 Å². The molecule has 1 aromatic heterocycles. The van der Waals surface area contributed by atoms with Crippen molar-refractivity contribution in [1.29, 1.82) is 0 Å². The lowest BCUT2D eigenvalue weighted by Crippen LogP contribution is -3.14. The molecule has 1 aromatic carbocycles. The van der Waals surface area contributed by atoms with Crippen LogP contribution < -0.4 is 25.0 Å². The van der Waals surface area contributed by atoms with E-state index in [2.05, 4.69) is 10.6 Å². The number of rotatable bonds is 8. The maximum Gasteiger partial charge on any atom is 0.275 e. The van der Waals surface area contributed by atoms with Crippen molar-refractivity contribution in [1.82, 2.24) is 10.6 Å². The van der Waals surface area contributed by atoms with E-state index < -0.39 is 0 Å². The maximum absolute atomic E-state index is 12.6. The van der Waals surface area contributed by atoms with Gasteiger partial charge in [0.2, 0.25) is 0 Å². The van der Waals surface area contributed by atoms with Gasteiger partial charge in [-0.1, -0.05) is 6.07 Å². The molecule has 0 aliphatic carbocycles. The molecular formula is C21H28N3O4S+. The zero-order valence-corrected chi connectivity index (χ0v) is 17.6. The summed E-state index contributed by atoms with van der Waals surface area (Å²) in [5, 5.41) is 8.08. The van der Waals surface area contributed by atoms with Gasteiger partial charge in [0, 0.05) is 35.4 Å². The summed E-state index contributed by atoms with van der Waals surface area (Å²) >= 11 is 1.64. The topological polar surface area (TPSA) is 81.1 Å². The van der Waals surface area contributed by atoms with E-state index in [9.17, 15) is 9.59 Å². The van der Waals surface area contributed by atoms with E-state index in [4.69, 9.17) is 9.47 Å². The van der Waals surface area contributed by atoms with Crippen molar-refractivity contribution in [3.05, 3.63) is 46.2 Å². The van der Waals surface area contributed by atoms with Crippen LogP contribution in [0.2, 0.25) is 0 Å². The highest BCUT2D eigenvalue weighted by Crippen LogP contribution is 2.22. The molecule has 8 heteroatoms. The number of carbonyl (C=O) groups is 2. The zero-order chi connectivity index (χ0) is 20.6. The van der Waals surface area contributed by atoms with Crippen LogP contribution in [0.3, 0.4) is 0 Å². The lowest BCUT2D eigenvalue weighted by molar-refractivity contribution is -0.897. The van der Waals surface area contributed by atoms with Gasteiger partial charge in [0.05, 0.1) is 33.9 Å². The van der Waals surface area contributed by atoms with E-state index in [0.29, 0.717) is 30.2 Å². The second-order valence-corrected chi connectivity index (χ2v) is 8.16. The van der Waals surface area contributed by atoms with Crippen LogP contribution in [0.4, 0.5) is 0 Å². The molecule has 0 bridgehead atoms. The Kier molecular flexibility index (Phi) is 7.48. The Morgan fingerprint density at radius 2 is 1.83 bits per heavy atom. The van der Waals surface area contributed by atoms with Gasteiger partial charge in [-0.25, -0.2) is 0 Å². The van der Waals surface area contributed by atoms with Gasteiger partial charge < -0.3 is 25.0 Å². The first-order valence-electron chi connectivity index (χ1n) is 9.74. The highest BCUT2D eigenvalue weighted by Gasteiger charge is 2.25. The molecule has 1 aliphatic heterocycles. The second-order valence-electron chi connectivity index (χ2n) is 7.13. The van der Waals surface area contributed by atoms with Crippen LogP contribution in [0.1, 0.15) is 28.1 Å². The third-order valence-corrected chi connectivity index (χ3v) is 5.97. The number of quaternary nitrogens is 1. The normalized spacial score (nSPS) is 18.7. The summed E-state index contributed by atoms with van der Waals surface area (Å²) in [6.07, 6.45) is 1.70. The molecule has 1 aliphatic rings. The standard InChI is InChI=1S/C21H27N3O4S/c1-27-17-10-15(11-18(12-17)28-2)21(26)23-16-5-7-24(8-6-16)14-20(25)22-13-19-4-3-9-29-19/h3-4,9-12,16H,5-8,13-14H2,1-2H3,(H,22,25)(H,23,26)/p+1. The van der Waals surface area contributed by atoms with Gasteiger partial charge in [-0.3, -0.25) is 9.59 Å². The molecule has 2 heterocycles. The highest BCUT2D eigenvalue weighted by molar-refractivity contribution is 7.09. The largest absolute Gasteiger partial charge is 0.497 e. The van der Waals surface area contributed by atoms with Crippen molar-refractivity contribution in [2.75, 3.05) is 33.9 Å². The number of hydrogen-bond acceptors (Lipinski definition) is 5. The van der Waals surface area contributed by atoms with Gasteiger partial charge in [0.15, 0.2) is 6.54 Å². The molecule has 29 heavy (non-hydrogen) atoms. The minimum atomic E-state index is -0.135. The summed E-state index contributed by atoms with van der Waals surface area (Å²) in [5.41, 5.74) is 0.518. The van der Waals surface area contributed by atoms with Crippen molar-refractivity contribution in [2.24, 2.45) is 0 Å². The van der Waals surface area contributed by atoms with E-state index in [-0.39, 0.29) is 17.9 Å². The van der Waals surface area contributed by atoms with E-state index >= 15 is 0 Å². The first kappa shape index (κ1) is 21.1. The lowest BCUT2D eigenvalue weighted by atomic mass is 10.0. The Labute approximate surface area is 175 Å². The van der Waals surface area contributed by atoms with Crippen LogP contribution in [0, 0.1) is 0 Å². The summed E-state index contributed by atoms with van der Waals surface area (Å²) in [6.45, 7) is 2.78. The van der Waals surface area contributed by atoms with Crippen molar-refractivity contribution in [3.8, 4) is 11.5 Å². The first-order valence-corrected chi connectivity index (χ1v) is 10.6. The summed E-state index contributed by atoms with van der Waals surface area (Å²) in [5.74, 6) is 1.10. The number of nitrogens with one attached hydrogen (secondary N) is 3. The fourth-order valence-electron chi connectivity index (χ4n) is 3.44. The number of carbonyl (C=O) groups excluding carboxylic acids is 2. The van der Waals surface area contributed by atoms with Crippen molar-refractivity contribution in [3.63, 3.8) is 0 Å². The van der Waals surface area contributed by atoms with Crippen LogP contribution >= 0.6 is 11.3 Å². The lowest BCUT2D eigenvalue weighted by Gasteiger charge is -2.29. The fraction of sp³-hybridized carbons (Fsp3) is 0.429. The number of ether oxygens (including phenoxy) is 2. The molecule has 1 saturated heterocycles. The van der Waals surface area contributed by atoms with Crippen LogP contribution in [0.15, 0.2) is 35.7 Å². The SMILES string of the molecule is COc1cc(OC)cc(C(=O)NC2CC[NH+](CC(=O)NCc3cccs3)CC2)c1. The summed E-state index contributed by atoms with van der Waals surface area (Å²) in [6, 6.07) is 9.26. The van der Waals surface area contributed by atoms with E-state index in [1.54, 1.807) is 43.8 Å². The van der Waals surface area contributed by atoms with Crippen molar-refractivity contribution < 1.29 is 24.0 Å². The third kappa shape index (κ3) is 6.20. The van der Waals surface area contributed by atoms with Crippen LogP contribution in [0.5, 0.6) is 11.5 Å². The average molecular weight is 419 g/mol. The number of benzene rings is 1. The molecule has 156 valence electrons.